The van der Waals surface area contributed by atoms with Gasteiger partial charge in [-0.1, -0.05) is 12.1 Å². The molecule has 2 aliphatic rings. The number of benzene rings is 1. The van der Waals surface area contributed by atoms with Gasteiger partial charge in [0.05, 0.1) is 0 Å². The molecule has 0 aromatic heterocycles. The summed E-state index contributed by atoms with van der Waals surface area (Å²) in [6.45, 7) is 1.54. The van der Waals surface area contributed by atoms with Gasteiger partial charge in [0.25, 0.3) is 0 Å². The summed E-state index contributed by atoms with van der Waals surface area (Å²) >= 11 is 0. The van der Waals surface area contributed by atoms with Gasteiger partial charge in [-0.3, -0.25) is 0 Å². The lowest BCUT2D eigenvalue weighted by molar-refractivity contribution is 0.0902. The standard InChI is InChI=1S/C12H15NO2/c1-2-4-12-11(3-1)14-8-10(15-12)7-13-9-5-6-9/h1-4,9-10,13H,5-8H2. The predicted octanol–water partition coefficient (Wildman–Crippen LogP) is 1.58. The summed E-state index contributed by atoms with van der Waals surface area (Å²) in [5.41, 5.74) is 0. The SMILES string of the molecule is c1ccc2c(c1)OCC(CNC1CC1)O2. The molecule has 1 N–H and O–H groups in total. The Morgan fingerprint density at radius 2 is 2.00 bits per heavy atom. The van der Waals surface area contributed by atoms with Crippen LogP contribution in [-0.2, 0) is 0 Å². The van der Waals surface area contributed by atoms with Gasteiger partial charge in [-0.25, -0.2) is 0 Å². The van der Waals surface area contributed by atoms with Crippen molar-refractivity contribution in [3.05, 3.63) is 24.3 Å². The molecular weight excluding hydrogens is 190 g/mol. The smallest absolute Gasteiger partial charge is 0.161 e. The van der Waals surface area contributed by atoms with E-state index in [1.807, 2.05) is 24.3 Å². The first-order valence-electron chi connectivity index (χ1n) is 5.54. The predicted molar refractivity (Wildman–Crippen MR) is 57.4 cm³/mol. The number of ether oxygens (including phenoxy) is 2. The van der Waals surface area contributed by atoms with Crippen LogP contribution < -0.4 is 14.8 Å². The maximum Gasteiger partial charge on any atom is 0.161 e. The minimum atomic E-state index is 0.153. The van der Waals surface area contributed by atoms with Crippen LogP contribution in [0.15, 0.2) is 24.3 Å². The van der Waals surface area contributed by atoms with Gasteiger partial charge >= 0.3 is 0 Å². The Bertz CT molecular complexity index is 349. The fraction of sp³-hybridized carbons (Fsp3) is 0.500. The third-order valence-corrected chi connectivity index (χ3v) is 2.78. The molecule has 3 nitrogen and oxygen atoms in total. The summed E-state index contributed by atoms with van der Waals surface area (Å²) in [7, 11) is 0. The molecule has 0 radical (unpaired) electrons. The van der Waals surface area contributed by atoms with Crippen LogP contribution in [-0.4, -0.2) is 25.3 Å². The molecule has 1 aliphatic heterocycles. The molecule has 0 spiro atoms. The van der Waals surface area contributed by atoms with E-state index in [1.54, 1.807) is 0 Å². The number of hydrogen-bond donors (Lipinski definition) is 1. The van der Waals surface area contributed by atoms with Gasteiger partial charge in [0.15, 0.2) is 11.5 Å². The number of hydrogen-bond acceptors (Lipinski definition) is 3. The molecule has 0 bridgehead atoms. The van der Waals surface area contributed by atoms with E-state index in [1.165, 1.54) is 12.8 Å². The van der Waals surface area contributed by atoms with Gasteiger partial charge in [-0.05, 0) is 25.0 Å². The third kappa shape index (κ3) is 2.07. The molecule has 1 aliphatic carbocycles. The first kappa shape index (κ1) is 9.04. The molecule has 1 unspecified atom stereocenters. The van der Waals surface area contributed by atoms with Crippen molar-refractivity contribution in [2.45, 2.75) is 25.0 Å². The molecule has 1 saturated carbocycles. The molecule has 15 heavy (non-hydrogen) atoms. The fourth-order valence-electron chi connectivity index (χ4n) is 1.75. The van der Waals surface area contributed by atoms with Crippen molar-refractivity contribution in [1.82, 2.24) is 5.32 Å². The zero-order valence-corrected chi connectivity index (χ0v) is 8.61. The van der Waals surface area contributed by atoms with Crippen LogP contribution in [0.25, 0.3) is 0 Å². The molecule has 1 aromatic rings. The van der Waals surface area contributed by atoms with Crippen LogP contribution in [0.5, 0.6) is 11.5 Å². The highest BCUT2D eigenvalue weighted by atomic mass is 16.6. The van der Waals surface area contributed by atoms with E-state index in [-0.39, 0.29) is 6.10 Å². The Morgan fingerprint density at radius 3 is 2.80 bits per heavy atom. The number of para-hydroxylation sites is 2. The van der Waals surface area contributed by atoms with Crippen LogP contribution in [0, 0.1) is 0 Å². The van der Waals surface area contributed by atoms with Crippen molar-refractivity contribution < 1.29 is 9.47 Å². The minimum absolute atomic E-state index is 0.153. The Balaban J connectivity index is 1.61. The highest BCUT2D eigenvalue weighted by Gasteiger charge is 2.25. The Kier molecular flexibility index (Phi) is 2.25. The summed E-state index contributed by atoms with van der Waals surface area (Å²) < 4.78 is 11.4. The number of nitrogens with one attached hydrogen (secondary N) is 1. The second-order valence-electron chi connectivity index (χ2n) is 4.18. The van der Waals surface area contributed by atoms with E-state index in [0.717, 1.165) is 24.1 Å². The molecule has 1 aromatic carbocycles. The molecule has 1 atom stereocenters. The zero-order chi connectivity index (χ0) is 10.1. The highest BCUT2D eigenvalue weighted by Crippen LogP contribution is 2.30. The van der Waals surface area contributed by atoms with E-state index in [9.17, 15) is 0 Å². The van der Waals surface area contributed by atoms with E-state index >= 15 is 0 Å². The maximum atomic E-state index is 5.82. The van der Waals surface area contributed by atoms with Crippen molar-refractivity contribution in [3.63, 3.8) is 0 Å². The first-order chi connectivity index (χ1) is 7.42. The van der Waals surface area contributed by atoms with Gasteiger partial charge in [-0.15, -0.1) is 0 Å². The highest BCUT2D eigenvalue weighted by molar-refractivity contribution is 5.40. The quantitative estimate of drug-likeness (QED) is 0.812. The normalized spacial score (nSPS) is 23.9. The molecule has 0 amide bonds. The van der Waals surface area contributed by atoms with Gasteiger partial charge in [0, 0.05) is 12.6 Å². The molecule has 1 fully saturated rings. The molecule has 80 valence electrons. The van der Waals surface area contributed by atoms with Crippen LogP contribution in [0.3, 0.4) is 0 Å². The second kappa shape index (κ2) is 3.74. The van der Waals surface area contributed by atoms with Crippen LogP contribution in [0.2, 0.25) is 0 Å². The Morgan fingerprint density at radius 1 is 1.20 bits per heavy atom. The van der Waals surface area contributed by atoms with E-state index in [2.05, 4.69) is 5.32 Å². The summed E-state index contributed by atoms with van der Waals surface area (Å²) in [4.78, 5) is 0. The van der Waals surface area contributed by atoms with Crippen molar-refractivity contribution in [1.29, 1.82) is 0 Å². The maximum absolute atomic E-state index is 5.82. The molecule has 3 heteroatoms. The first-order valence-corrected chi connectivity index (χ1v) is 5.54. The monoisotopic (exact) mass is 205 g/mol. The Hall–Kier alpha value is -1.22. The van der Waals surface area contributed by atoms with Crippen molar-refractivity contribution in [3.8, 4) is 11.5 Å². The fourth-order valence-corrected chi connectivity index (χ4v) is 1.75. The largest absolute Gasteiger partial charge is 0.486 e. The topological polar surface area (TPSA) is 30.5 Å². The second-order valence-corrected chi connectivity index (χ2v) is 4.18. The summed E-state index contributed by atoms with van der Waals surface area (Å²) in [6, 6.07) is 8.56. The molecular formula is C12H15NO2. The van der Waals surface area contributed by atoms with Crippen molar-refractivity contribution >= 4 is 0 Å². The van der Waals surface area contributed by atoms with Crippen LogP contribution >= 0.6 is 0 Å². The molecule has 1 heterocycles. The van der Waals surface area contributed by atoms with Crippen LogP contribution in [0.4, 0.5) is 0 Å². The van der Waals surface area contributed by atoms with Crippen molar-refractivity contribution in [2.24, 2.45) is 0 Å². The summed E-state index contributed by atoms with van der Waals surface area (Å²) in [5, 5.41) is 3.45. The van der Waals surface area contributed by atoms with Gasteiger partial charge in [-0.2, -0.15) is 0 Å². The van der Waals surface area contributed by atoms with E-state index in [0.29, 0.717) is 6.61 Å². The number of rotatable bonds is 3. The zero-order valence-electron chi connectivity index (χ0n) is 8.61. The lowest BCUT2D eigenvalue weighted by Crippen LogP contribution is -2.39. The average molecular weight is 205 g/mol. The summed E-state index contributed by atoms with van der Waals surface area (Å²) in [5.74, 6) is 1.73. The Labute approximate surface area is 89.4 Å². The lowest BCUT2D eigenvalue weighted by Gasteiger charge is -2.26. The number of fused-ring (bicyclic) bond motifs is 1. The lowest BCUT2D eigenvalue weighted by atomic mass is 10.2. The van der Waals surface area contributed by atoms with Gasteiger partial charge in [0.1, 0.15) is 12.7 Å². The van der Waals surface area contributed by atoms with E-state index < -0.39 is 0 Å². The summed E-state index contributed by atoms with van der Waals surface area (Å²) in [6.07, 6.45) is 2.77. The average Bonchev–Trinajstić information content (AvgIpc) is 3.10. The van der Waals surface area contributed by atoms with Crippen LogP contribution in [0.1, 0.15) is 12.8 Å². The van der Waals surface area contributed by atoms with Gasteiger partial charge in [0.2, 0.25) is 0 Å². The molecule has 0 saturated heterocycles. The van der Waals surface area contributed by atoms with E-state index in [4.69, 9.17) is 9.47 Å². The minimum Gasteiger partial charge on any atom is -0.486 e. The molecule has 3 rings (SSSR count). The van der Waals surface area contributed by atoms with Gasteiger partial charge < -0.3 is 14.8 Å². The van der Waals surface area contributed by atoms with Crippen molar-refractivity contribution in [2.75, 3.05) is 13.2 Å². The third-order valence-electron chi connectivity index (χ3n) is 2.78.